The first-order valence-corrected chi connectivity index (χ1v) is 11.0. The summed E-state index contributed by atoms with van der Waals surface area (Å²) in [7, 11) is 3.95. The van der Waals surface area contributed by atoms with Gasteiger partial charge >= 0.3 is 6.18 Å². The van der Waals surface area contributed by atoms with Gasteiger partial charge in [-0.15, -0.1) is 11.8 Å². The Balaban J connectivity index is 1.78. The third kappa shape index (κ3) is 4.43. The number of thioether (sulfide) groups is 1. The lowest BCUT2D eigenvalue weighted by Gasteiger charge is -2.35. The van der Waals surface area contributed by atoms with Crippen LogP contribution in [0.4, 0.5) is 18.9 Å². The first kappa shape index (κ1) is 21.7. The fraction of sp³-hybridized carbons (Fsp3) is 0.292. The Morgan fingerprint density at radius 1 is 1.03 bits per heavy atom. The van der Waals surface area contributed by atoms with Gasteiger partial charge in [0, 0.05) is 16.8 Å². The number of carbonyl (C=O) groups excluding carboxylic acids is 1. The molecule has 1 unspecified atom stereocenters. The summed E-state index contributed by atoms with van der Waals surface area (Å²) in [5, 5.41) is 1.30. The fourth-order valence-electron chi connectivity index (χ4n) is 3.89. The van der Waals surface area contributed by atoms with Gasteiger partial charge in [0.2, 0.25) is 5.91 Å². The zero-order chi connectivity index (χ0) is 22.2. The number of nitrogens with zero attached hydrogens (tertiary/aromatic N) is 2. The van der Waals surface area contributed by atoms with Crippen molar-refractivity contribution in [2.24, 2.45) is 0 Å². The Morgan fingerprint density at radius 3 is 2.55 bits per heavy atom. The molecule has 0 fully saturated rings. The van der Waals surface area contributed by atoms with Crippen molar-refractivity contribution in [3.8, 4) is 0 Å². The zero-order valence-electron chi connectivity index (χ0n) is 17.3. The van der Waals surface area contributed by atoms with Crippen molar-refractivity contribution in [2.75, 3.05) is 32.1 Å². The summed E-state index contributed by atoms with van der Waals surface area (Å²) in [5.74, 6) is -0.174. The summed E-state index contributed by atoms with van der Waals surface area (Å²) in [6, 6.07) is 17.0. The highest BCUT2D eigenvalue weighted by atomic mass is 32.2. The maximum atomic E-state index is 13.6. The third-order valence-electron chi connectivity index (χ3n) is 5.37. The molecule has 0 radical (unpaired) electrons. The van der Waals surface area contributed by atoms with Crippen molar-refractivity contribution in [2.45, 2.75) is 22.7 Å². The second kappa shape index (κ2) is 8.55. The number of rotatable bonds is 5. The maximum absolute atomic E-state index is 13.6. The summed E-state index contributed by atoms with van der Waals surface area (Å²) in [6.07, 6.45) is -3.68. The summed E-state index contributed by atoms with van der Waals surface area (Å²) in [4.78, 5) is 18.3. The molecule has 1 atom stereocenters. The van der Waals surface area contributed by atoms with Crippen molar-refractivity contribution in [3.63, 3.8) is 0 Å². The highest BCUT2D eigenvalue weighted by molar-refractivity contribution is 8.00. The van der Waals surface area contributed by atoms with Gasteiger partial charge in [-0.1, -0.05) is 48.5 Å². The molecule has 0 spiro atoms. The fourth-order valence-corrected chi connectivity index (χ4v) is 5.14. The minimum atomic E-state index is -4.45. The molecule has 0 aliphatic carbocycles. The molecule has 0 saturated heterocycles. The Morgan fingerprint density at radius 2 is 1.81 bits per heavy atom. The van der Waals surface area contributed by atoms with Crippen LogP contribution in [0.2, 0.25) is 0 Å². The van der Waals surface area contributed by atoms with E-state index in [1.165, 1.54) is 17.8 Å². The van der Waals surface area contributed by atoms with Gasteiger partial charge in [0.05, 0.1) is 11.3 Å². The van der Waals surface area contributed by atoms with Crippen LogP contribution in [0.3, 0.4) is 0 Å². The van der Waals surface area contributed by atoms with E-state index >= 15 is 0 Å². The predicted molar refractivity (Wildman–Crippen MR) is 120 cm³/mol. The summed E-state index contributed by atoms with van der Waals surface area (Å²) >= 11 is 1.33. The molecular formula is C24H23F3N2OS. The second-order valence-electron chi connectivity index (χ2n) is 7.90. The molecule has 3 aromatic rings. The topological polar surface area (TPSA) is 23.6 Å². The van der Waals surface area contributed by atoms with E-state index in [1.807, 2.05) is 50.5 Å². The SMILES string of the molecule is CN(C)CCCN1C(=O)C(c2cccc(C(F)(F)F)c2)Sc2ccc3ccccc3c21. The van der Waals surface area contributed by atoms with Crippen LogP contribution >= 0.6 is 11.8 Å². The normalized spacial score (nSPS) is 16.8. The third-order valence-corrected chi connectivity index (χ3v) is 6.67. The van der Waals surface area contributed by atoms with Crippen LogP contribution in [-0.2, 0) is 11.0 Å². The minimum absolute atomic E-state index is 0.174. The molecule has 7 heteroatoms. The number of benzene rings is 3. The number of hydrogen-bond acceptors (Lipinski definition) is 3. The van der Waals surface area contributed by atoms with Gasteiger partial charge in [0.15, 0.2) is 0 Å². The summed E-state index contributed by atoms with van der Waals surface area (Å²) in [6.45, 7) is 1.32. The number of carbonyl (C=O) groups is 1. The molecule has 0 bridgehead atoms. The maximum Gasteiger partial charge on any atom is 0.416 e. The highest BCUT2D eigenvalue weighted by Gasteiger charge is 2.37. The number of hydrogen-bond donors (Lipinski definition) is 0. The molecule has 1 amide bonds. The van der Waals surface area contributed by atoms with Crippen molar-refractivity contribution in [1.82, 2.24) is 4.90 Å². The van der Waals surface area contributed by atoms with Crippen molar-refractivity contribution in [1.29, 1.82) is 0 Å². The summed E-state index contributed by atoms with van der Waals surface area (Å²) < 4.78 is 39.8. The van der Waals surface area contributed by atoms with Crippen LogP contribution in [0.15, 0.2) is 65.6 Å². The average Bonchev–Trinajstić information content (AvgIpc) is 2.74. The Hall–Kier alpha value is -2.51. The molecule has 3 nitrogen and oxygen atoms in total. The molecule has 0 N–H and O–H groups in total. The van der Waals surface area contributed by atoms with E-state index in [2.05, 4.69) is 4.90 Å². The number of alkyl halides is 3. The van der Waals surface area contributed by atoms with Crippen LogP contribution in [0.25, 0.3) is 10.8 Å². The van der Waals surface area contributed by atoms with E-state index in [0.29, 0.717) is 12.1 Å². The lowest BCUT2D eigenvalue weighted by Crippen LogP contribution is -2.39. The monoisotopic (exact) mass is 444 g/mol. The van der Waals surface area contributed by atoms with Gasteiger partial charge in [-0.2, -0.15) is 13.2 Å². The Bertz CT molecular complexity index is 1110. The van der Waals surface area contributed by atoms with Crippen molar-refractivity contribution in [3.05, 3.63) is 71.8 Å². The van der Waals surface area contributed by atoms with E-state index in [9.17, 15) is 18.0 Å². The molecule has 4 rings (SSSR count). The van der Waals surface area contributed by atoms with E-state index in [0.717, 1.165) is 46.5 Å². The Kier molecular flexibility index (Phi) is 5.99. The van der Waals surface area contributed by atoms with Crippen molar-refractivity contribution >= 4 is 34.1 Å². The lowest BCUT2D eigenvalue weighted by molar-refractivity contribution is -0.137. The van der Waals surface area contributed by atoms with Crippen molar-refractivity contribution < 1.29 is 18.0 Å². The van der Waals surface area contributed by atoms with Gasteiger partial charge in [0.1, 0.15) is 5.25 Å². The van der Waals surface area contributed by atoms with E-state index in [1.54, 1.807) is 11.0 Å². The molecule has 3 aromatic carbocycles. The number of halogens is 3. The second-order valence-corrected chi connectivity index (χ2v) is 9.05. The van der Waals surface area contributed by atoms with E-state index in [4.69, 9.17) is 0 Å². The standard InChI is InChI=1S/C24H23F3N2OS/c1-28(2)13-6-14-29-21-19-10-4-3-7-16(19)11-12-20(21)31-22(23(29)30)17-8-5-9-18(15-17)24(25,26)27/h3-5,7-12,15,22H,6,13-14H2,1-2H3. The molecule has 1 aliphatic heterocycles. The minimum Gasteiger partial charge on any atom is -0.309 e. The molecule has 1 heterocycles. The molecular weight excluding hydrogens is 421 g/mol. The Labute approximate surface area is 183 Å². The van der Waals surface area contributed by atoms with Crippen LogP contribution < -0.4 is 4.90 Å². The molecule has 162 valence electrons. The van der Waals surface area contributed by atoms with Crippen LogP contribution in [-0.4, -0.2) is 38.0 Å². The average molecular weight is 445 g/mol. The lowest BCUT2D eigenvalue weighted by atomic mass is 10.0. The molecule has 0 saturated carbocycles. The molecule has 0 aromatic heterocycles. The van der Waals surface area contributed by atoms with Gasteiger partial charge in [-0.3, -0.25) is 4.79 Å². The van der Waals surface area contributed by atoms with Gasteiger partial charge in [-0.05, 0) is 50.1 Å². The first-order valence-electron chi connectivity index (χ1n) is 10.1. The van der Waals surface area contributed by atoms with E-state index in [-0.39, 0.29) is 5.91 Å². The van der Waals surface area contributed by atoms with Crippen LogP contribution in [0.1, 0.15) is 22.8 Å². The quantitative estimate of drug-likeness (QED) is 0.483. The predicted octanol–water partition coefficient (Wildman–Crippen LogP) is 5.99. The smallest absolute Gasteiger partial charge is 0.309 e. The van der Waals surface area contributed by atoms with Crippen LogP contribution in [0, 0.1) is 0 Å². The van der Waals surface area contributed by atoms with Gasteiger partial charge in [0.25, 0.3) is 0 Å². The summed E-state index contributed by atoms with van der Waals surface area (Å²) in [5.41, 5.74) is 0.498. The van der Waals surface area contributed by atoms with Gasteiger partial charge in [-0.25, -0.2) is 0 Å². The number of anilines is 1. The van der Waals surface area contributed by atoms with Gasteiger partial charge < -0.3 is 9.80 Å². The molecule has 1 aliphatic rings. The number of amides is 1. The largest absolute Gasteiger partial charge is 0.416 e. The highest BCUT2D eigenvalue weighted by Crippen LogP contribution is 2.49. The zero-order valence-corrected chi connectivity index (χ0v) is 18.1. The van der Waals surface area contributed by atoms with Crippen LogP contribution in [0.5, 0.6) is 0 Å². The molecule has 31 heavy (non-hydrogen) atoms. The first-order chi connectivity index (χ1) is 14.8. The number of fused-ring (bicyclic) bond motifs is 3. The van der Waals surface area contributed by atoms with E-state index < -0.39 is 17.0 Å².